The molecule has 2 fully saturated rings. The first kappa shape index (κ1) is 23.1. The van der Waals surface area contributed by atoms with Crippen molar-refractivity contribution >= 4 is 0 Å². The lowest BCUT2D eigenvalue weighted by atomic mass is 9.68. The molecule has 3 aliphatic rings. The lowest BCUT2D eigenvalue weighted by Gasteiger charge is -2.38. The van der Waals surface area contributed by atoms with Crippen molar-refractivity contribution in [3.8, 4) is 0 Å². The Labute approximate surface area is 183 Å². The first-order valence-corrected chi connectivity index (χ1v) is 12.3. The van der Waals surface area contributed by atoms with Gasteiger partial charge in [0.25, 0.3) is 0 Å². The normalized spacial score (nSPS) is 34.4. The van der Waals surface area contributed by atoms with Gasteiger partial charge in [-0.2, -0.15) is 13.2 Å². The molecule has 2 aliphatic carbocycles. The van der Waals surface area contributed by atoms with Crippen molar-refractivity contribution < 1.29 is 22.3 Å². The van der Waals surface area contributed by atoms with Gasteiger partial charge in [-0.3, -0.25) is 0 Å². The molecule has 4 rings (SSSR count). The van der Waals surface area contributed by atoms with Crippen molar-refractivity contribution in [3.63, 3.8) is 0 Å². The highest BCUT2D eigenvalue weighted by molar-refractivity contribution is 5.39. The number of hydrogen-bond acceptors (Lipinski definition) is 1. The first-order chi connectivity index (χ1) is 14.8. The summed E-state index contributed by atoms with van der Waals surface area (Å²) in [6, 6.07) is 3.43. The highest BCUT2D eigenvalue weighted by atomic mass is 19.4. The monoisotopic (exact) mass is 440 g/mol. The minimum atomic E-state index is -4.48. The van der Waals surface area contributed by atoms with Gasteiger partial charge in [0.1, 0.15) is 5.82 Å². The highest BCUT2D eigenvalue weighted by Crippen LogP contribution is 2.46. The molecule has 1 aromatic rings. The maximum absolute atomic E-state index is 14.9. The van der Waals surface area contributed by atoms with Crippen LogP contribution < -0.4 is 0 Å². The van der Waals surface area contributed by atoms with Crippen molar-refractivity contribution in [1.29, 1.82) is 0 Å². The standard InChI is InChI=1S/C26H36F4O/c1-3-4-17-5-7-18(8-6-17)19-9-11-20(12-10-19)21-13-22-15-31-25(26(28,29)30)16(2)24(22)23(27)14-21/h13-14,16-20,25H,3-12,15H2,1-2H3. The Morgan fingerprint density at radius 2 is 1.55 bits per heavy atom. The molecule has 0 bridgehead atoms. The van der Waals surface area contributed by atoms with Gasteiger partial charge in [-0.1, -0.05) is 45.6 Å². The van der Waals surface area contributed by atoms with Crippen LogP contribution in [-0.2, 0) is 11.3 Å². The topological polar surface area (TPSA) is 9.23 Å². The molecule has 2 saturated carbocycles. The lowest BCUT2D eigenvalue weighted by molar-refractivity contribution is -0.233. The molecule has 0 radical (unpaired) electrons. The molecule has 0 aromatic heterocycles. The van der Waals surface area contributed by atoms with E-state index in [0.717, 1.165) is 36.2 Å². The molecular weight excluding hydrogens is 404 g/mol. The Kier molecular flexibility index (Phi) is 7.00. The summed E-state index contributed by atoms with van der Waals surface area (Å²) in [6.45, 7) is 3.53. The molecule has 0 N–H and O–H groups in total. The van der Waals surface area contributed by atoms with E-state index in [-0.39, 0.29) is 12.2 Å². The smallest absolute Gasteiger partial charge is 0.363 e. The third-order valence-corrected chi connectivity index (χ3v) is 8.39. The largest absolute Gasteiger partial charge is 0.415 e. The second kappa shape index (κ2) is 9.41. The number of fused-ring (bicyclic) bond motifs is 1. The molecule has 0 spiro atoms. The second-order valence-electron chi connectivity index (χ2n) is 10.3. The zero-order valence-electron chi connectivity index (χ0n) is 18.8. The fourth-order valence-corrected chi connectivity index (χ4v) is 6.70. The summed E-state index contributed by atoms with van der Waals surface area (Å²) in [5, 5.41) is 0. The van der Waals surface area contributed by atoms with Gasteiger partial charge in [0.2, 0.25) is 0 Å². The summed E-state index contributed by atoms with van der Waals surface area (Å²) in [5.41, 5.74) is 1.73. The summed E-state index contributed by atoms with van der Waals surface area (Å²) in [5.74, 6) is 1.37. The molecule has 2 atom stereocenters. The molecule has 174 valence electrons. The van der Waals surface area contributed by atoms with Gasteiger partial charge >= 0.3 is 6.18 Å². The quantitative estimate of drug-likeness (QED) is 0.428. The zero-order chi connectivity index (χ0) is 22.2. The van der Waals surface area contributed by atoms with Crippen molar-refractivity contribution in [2.24, 2.45) is 17.8 Å². The summed E-state index contributed by atoms with van der Waals surface area (Å²) in [7, 11) is 0. The third-order valence-electron chi connectivity index (χ3n) is 8.39. The summed E-state index contributed by atoms with van der Waals surface area (Å²) < 4.78 is 59.6. The van der Waals surface area contributed by atoms with E-state index in [4.69, 9.17) is 4.74 Å². The molecule has 0 saturated heterocycles. The molecule has 2 unspecified atom stereocenters. The van der Waals surface area contributed by atoms with Crippen molar-refractivity contribution in [2.45, 2.75) is 109 Å². The van der Waals surface area contributed by atoms with E-state index < -0.39 is 24.0 Å². The van der Waals surface area contributed by atoms with Crippen LogP contribution in [0.15, 0.2) is 12.1 Å². The van der Waals surface area contributed by atoms with Crippen LogP contribution in [-0.4, -0.2) is 12.3 Å². The molecule has 1 aromatic carbocycles. The van der Waals surface area contributed by atoms with Gasteiger partial charge in [0, 0.05) is 5.92 Å². The average Bonchev–Trinajstić information content (AvgIpc) is 2.73. The van der Waals surface area contributed by atoms with Crippen molar-refractivity contribution in [1.82, 2.24) is 0 Å². The van der Waals surface area contributed by atoms with Gasteiger partial charge in [0.05, 0.1) is 6.61 Å². The van der Waals surface area contributed by atoms with Crippen LogP contribution in [0.4, 0.5) is 17.6 Å². The number of alkyl halides is 3. The van der Waals surface area contributed by atoms with Gasteiger partial charge in [-0.05, 0) is 85.0 Å². The van der Waals surface area contributed by atoms with Crippen molar-refractivity contribution in [2.75, 3.05) is 0 Å². The first-order valence-electron chi connectivity index (χ1n) is 12.3. The van der Waals surface area contributed by atoms with Gasteiger partial charge in [-0.25, -0.2) is 4.39 Å². The van der Waals surface area contributed by atoms with Crippen LogP contribution in [0.5, 0.6) is 0 Å². The Hall–Kier alpha value is -1.10. The van der Waals surface area contributed by atoms with E-state index in [0.29, 0.717) is 11.5 Å². The van der Waals surface area contributed by atoms with E-state index in [1.165, 1.54) is 64.4 Å². The average molecular weight is 441 g/mol. The van der Waals surface area contributed by atoms with Crippen LogP contribution >= 0.6 is 0 Å². The Morgan fingerprint density at radius 3 is 2.13 bits per heavy atom. The number of halogens is 4. The van der Waals surface area contributed by atoms with Crippen LogP contribution in [0.2, 0.25) is 0 Å². The van der Waals surface area contributed by atoms with Gasteiger partial charge in [0.15, 0.2) is 6.10 Å². The molecular formula is C26H36F4O. The molecule has 0 amide bonds. The highest BCUT2D eigenvalue weighted by Gasteiger charge is 2.48. The van der Waals surface area contributed by atoms with E-state index in [1.54, 1.807) is 0 Å². The van der Waals surface area contributed by atoms with Gasteiger partial charge < -0.3 is 4.74 Å². The summed E-state index contributed by atoms with van der Waals surface area (Å²) >= 11 is 0. The van der Waals surface area contributed by atoms with Crippen LogP contribution in [0.1, 0.15) is 107 Å². The zero-order valence-corrected chi connectivity index (χ0v) is 18.8. The van der Waals surface area contributed by atoms with Crippen LogP contribution in [0, 0.1) is 23.6 Å². The van der Waals surface area contributed by atoms with Crippen LogP contribution in [0.3, 0.4) is 0 Å². The minimum absolute atomic E-state index is 0.162. The van der Waals surface area contributed by atoms with Gasteiger partial charge in [-0.15, -0.1) is 0 Å². The summed E-state index contributed by atoms with van der Waals surface area (Å²) in [4.78, 5) is 0. The predicted octanol–water partition coefficient (Wildman–Crippen LogP) is 8.27. The number of benzene rings is 1. The van der Waals surface area contributed by atoms with E-state index >= 15 is 0 Å². The fraction of sp³-hybridized carbons (Fsp3) is 0.769. The maximum atomic E-state index is 14.9. The Morgan fingerprint density at radius 1 is 0.935 bits per heavy atom. The predicted molar refractivity (Wildman–Crippen MR) is 115 cm³/mol. The minimum Gasteiger partial charge on any atom is -0.363 e. The van der Waals surface area contributed by atoms with E-state index in [1.807, 2.05) is 6.07 Å². The maximum Gasteiger partial charge on any atom is 0.415 e. The van der Waals surface area contributed by atoms with Crippen LogP contribution in [0.25, 0.3) is 0 Å². The molecule has 5 heteroatoms. The lowest BCUT2D eigenvalue weighted by Crippen LogP contribution is -2.39. The molecule has 1 nitrogen and oxygen atoms in total. The third kappa shape index (κ3) is 4.96. The SMILES string of the molecule is CCCC1CCC(C2CCC(c3cc(F)c4c(c3)COC(C(F)(F)F)C4C)CC2)CC1. The Balaban J connectivity index is 1.38. The molecule has 1 aliphatic heterocycles. The number of hydrogen-bond donors (Lipinski definition) is 0. The summed E-state index contributed by atoms with van der Waals surface area (Å²) in [6.07, 6.45) is 6.24. The van der Waals surface area contributed by atoms with E-state index in [2.05, 4.69) is 6.92 Å². The van der Waals surface area contributed by atoms with Crippen molar-refractivity contribution in [3.05, 3.63) is 34.6 Å². The van der Waals surface area contributed by atoms with E-state index in [9.17, 15) is 17.6 Å². The Bertz CT molecular complexity index is 743. The number of rotatable bonds is 4. The number of ether oxygens (including phenoxy) is 1. The fourth-order valence-electron chi connectivity index (χ4n) is 6.70. The molecule has 31 heavy (non-hydrogen) atoms. The molecule has 1 heterocycles. The second-order valence-corrected chi connectivity index (χ2v) is 10.3.